The van der Waals surface area contributed by atoms with Crippen LogP contribution < -0.4 is 10.5 Å². The second kappa shape index (κ2) is 7.92. The Morgan fingerprint density at radius 1 is 1.29 bits per heavy atom. The molecule has 1 saturated heterocycles. The first-order valence-electron chi connectivity index (χ1n) is 10.1. The standard InChI is InChI=1S/C22H23N5O3S/c1-13-7-14-9-18(31-21(14)17(8-13)29-2)19-15(11-28)16(10-26-3-5-30-6-4-26)27-20(19)22(23)24-12-25-27/h7-9,11-12H,3-6,10H2,1-2H3,(H2,23,24,25). The molecule has 0 aliphatic carbocycles. The highest BCUT2D eigenvalue weighted by molar-refractivity contribution is 7.22. The van der Waals surface area contributed by atoms with Gasteiger partial charge in [0.05, 0.1) is 30.7 Å². The smallest absolute Gasteiger partial charge is 0.152 e. The van der Waals surface area contributed by atoms with Crippen LogP contribution in [-0.4, -0.2) is 59.2 Å². The van der Waals surface area contributed by atoms with Crippen LogP contribution >= 0.6 is 11.3 Å². The maximum atomic E-state index is 12.4. The Morgan fingerprint density at radius 2 is 2.10 bits per heavy atom. The van der Waals surface area contributed by atoms with Crippen LogP contribution in [0, 0.1) is 6.92 Å². The molecule has 1 aliphatic heterocycles. The zero-order valence-electron chi connectivity index (χ0n) is 17.4. The van der Waals surface area contributed by atoms with Gasteiger partial charge in [-0.1, -0.05) is 6.07 Å². The summed E-state index contributed by atoms with van der Waals surface area (Å²) in [7, 11) is 1.67. The minimum Gasteiger partial charge on any atom is -0.495 e. The first-order valence-corrected chi connectivity index (χ1v) is 10.9. The van der Waals surface area contributed by atoms with Crippen molar-refractivity contribution < 1.29 is 14.3 Å². The highest BCUT2D eigenvalue weighted by Crippen LogP contribution is 2.43. The third-order valence-corrected chi connectivity index (χ3v) is 6.86. The van der Waals surface area contributed by atoms with Crippen LogP contribution in [0.5, 0.6) is 5.75 Å². The molecule has 2 N–H and O–H groups in total. The van der Waals surface area contributed by atoms with E-state index in [-0.39, 0.29) is 0 Å². The number of rotatable bonds is 5. The lowest BCUT2D eigenvalue weighted by Crippen LogP contribution is -2.36. The van der Waals surface area contributed by atoms with E-state index in [1.807, 2.05) is 13.0 Å². The molecule has 5 rings (SSSR count). The van der Waals surface area contributed by atoms with Gasteiger partial charge >= 0.3 is 0 Å². The van der Waals surface area contributed by atoms with Crippen molar-refractivity contribution in [1.29, 1.82) is 0 Å². The third kappa shape index (κ3) is 3.34. The van der Waals surface area contributed by atoms with Crippen LogP contribution in [0.2, 0.25) is 0 Å². The number of fused-ring (bicyclic) bond motifs is 2. The van der Waals surface area contributed by atoms with Crippen molar-refractivity contribution >= 4 is 39.0 Å². The molecule has 0 radical (unpaired) electrons. The number of morpholine rings is 1. The summed E-state index contributed by atoms with van der Waals surface area (Å²) in [6.07, 6.45) is 2.34. The molecule has 0 saturated carbocycles. The molecule has 0 atom stereocenters. The number of nitrogen functional groups attached to an aromatic ring is 1. The third-order valence-electron chi connectivity index (χ3n) is 5.68. The number of hydrogen-bond donors (Lipinski definition) is 1. The fourth-order valence-electron chi connectivity index (χ4n) is 4.23. The lowest BCUT2D eigenvalue weighted by molar-refractivity contribution is 0.0333. The van der Waals surface area contributed by atoms with Crippen LogP contribution in [0.4, 0.5) is 5.82 Å². The molecule has 4 heterocycles. The quantitative estimate of drug-likeness (QED) is 0.479. The van der Waals surface area contributed by atoms with Crippen molar-refractivity contribution in [2.24, 2.45) is 0 Å². The Labute approximate surface area is 183 Å². The van der Waals surface area contributed by atoms with Gasteiger partial charge in [0.2, 0.25) is 0 Å². The molecule has 0 bridgehead atoms. The van der Waals surface area contributed by atoms with E-state index < -0.39 is 0 Å². The topological polar surface area (TPSA) is 95.0 Å². The predicted octanol–water partition coefficient (Wildman–Crippen LogP) is 3.15. The van der Waals surface area contributed by atoms with Crippen molar-refractivity contribution in [2.75, 3.05) is 39.1 Å². The molecule has 3 aromatic heterocycles. The summed E-state index contributed by atoms with van der Waals surface area (Å²) < 4.78 is 13.9. The summed E-state index contributed by atoms with van der Waals surface area (Å²) >= 11 is 1.58. The van der Waals surface area contributed by atoms with Gasteiger partial charge in [0.15, 0.2) is 12.1 Å². The summed E-state index contributed by atoms with van der Waals surface area (Å²) in [6, 6.07) is 6.22. The van der Waals surface area contributed by atoms with E-state index in [2.05, 4.69) is 27.1 Å². The molecule has 1 aliphatic rings. The number of carbonyl (C=O) groups is 1. The van der Waals surface area contributed by atoms with Gasteiger partial charge in [-0.2, -0.15) is 5.10 Å². The average molecular weight is 438 g/mol. The number of aromatic nitrogens is 3. The molecular formula is C22H23N5O3S. The van der Waals surface area contributed by atoms with Crippen LogP contribution in [0.1, 0.15) is 21.6 Å². The highest BCUT2D eigenvalue weighted by Gasteiger charge is 2.26. The van der Waals surface area contributed by atoms with Gasteiger partial charge in [0, 0.05) is 35.6 Å². The Hall–Kier alpha value is -3.01. The summed E-state index contributed by atoms with van der Waals surface area (Å²) in [5.41, 5.74) is 10.3. The molecule has 4 aromatic rings. The zero-order chi connectivity index (χ0) is 21.5. The number of nitrogens with zero attached hydrogens (tertiary/aromatic N) is 4. The zero-order valence-corrected chi connectivity index (χ0v) is 18.2. The van der Waals surface area contributed by atoms with Gasteiger partial charge in [-0.25, -0.2) is 9.50 Å². The predicted molar refractivity (Wildman–Crippen MR) is 121 cm³/mol. The van der Waals surface area contributed by atoms with Crippen LogP contribution in [0.3, 0.4) is 0 Å². The SMILES string of the molecule is COc1cc(C)cc2cc(-c3c(C=O)c(CN4CCOCC4)n4ncnc(N)c34)sc12. The van der Waals surface area contributed by atoms with E-state index >= 15 is 0 Å². The minimum atomic E-state index is 0.349. The van der Waals surface area contributed by atoms with Crippen LogP contribution in [0.25, 0.3) is 26.0 Å². The van der Waals surface area contributed by atoms with E-state index in [0.717, 1.165) is 56.9 Å². The normalized spacial score (nSPS) is 15.0. The number of aldehydes is 1. The molecule has 160 valence electrons. The molecule has 31 heavy (non-hydrogen) atoms. The summed E-state index contributed by atoms with van der Waals surface area (Å²) in [5.74, 6) is 1.17. The van der Waals surface area contributed by atoms with Gasteiger partial charge in [-0.3, -0.25) is 9.69 Å². The Kier molecular flexibility index (Phi) is 5.09. The summed E-state index contributed by atoms with van der Waals surface area (Å²) in [5, 5.41) is 5.52. The number of thiophene rings is 1. The number of carbonyl (C=O) groups excluding carboxylic acids is 1. The van der Waals surface area contributed by atoms with Gasteiger partial charge in [0.1, 0.15) is 17.6 Å². The second-order valence-corrected chi connectivity index (χ2v) is 8.70. The molecule has 1 aromatic carbocycles. The number of nitrogens with two attached hydrogens (primary N) is 1. The number of aryl methyl sites for hydroxylation is 1. The first-order chi connectivity index (χ1) is 15.1. The van der Waals surface area contributed by atoms with Gasteiger partial charge in [-0.05, 0) is 30.0 Å². The number of anilines is 1. The van der Waals surface area contributed by atoms with E-state index in [0.29, 0.717) is 36.7 Å². The Morgan fingerprint density at radius 3 is 2.84 bits per heavy atom. The summed E-state index contributed by atoms with van der Waals surface area (Å²) in [4.78, 5) is 19.8. The Bertz CT molecular complexity index is 1290. The molecule has 0 amide bonds. The minimum absolute atomic E-state index is 0.349. The largest absolute Gasteiger partial charge is 0.495 e. The molecular weight excluding hydrogens is 414 g/mol. The maximum absolute atomic E-state index is 12.4. The molecule has 1 fully saturated rings. The number of hydrogen-bond acceptors (Lipinski definition) is 8. The Balaban J connectivity index is 1.75. The lowest BCUT2D eigenvalue weighted by atomic mass is 10.1. The number of methoxy groups -OCH3 is 1. The van der Waals surface area contributed by atoms with Gasteiger partial charge < -0.3 is 15.2 Å². The molecule has 9 heteroatoms. The number of ether oxygens (including phenoxy) is 2. The van der Waals surface area contributed by atoms with E-state index in [4.69, 9.17) is 15.2 Å². The number of benzene rings is 1. The van der Waals surface area contributed by atoms with Crippen molar-refractivity contribution in [3.63, 3.8) is 0 Å². The van der Waals surface area contributed by atoms with E-state index in [1.54, 1.807) is 23.0 Å². The fraction of sp³-hybridized carbons (Fsp3) is 0.318. The van der Waals surface area contributed by atoms with E-state index in [9.17, 15) is 4.79 Å². The van der Waals surface area contributed by atoms with Crippen molar-refractivity contribution in [3.8, 4) is 16.2 Å². The monoisotopic (exact) mass is 437 g/mol. The maximum Gasteiger partial charge on any atom is 0.152 e. The average Bonchev–Trinajstić information content (AvgIpc) is 3.33. The van der Waals surface area contributed by atoms with Crippen LogP contribution in [-0.2, 0) is 11.3 Å². The van der Waals surface area contributed by atoms with Gasteiger partial charge in [-0.15, -0.1) is 11.3 Å². The van der Waals surface area contributed by atoms with E-state index in [1.165, 1.54) is 6.33 Å². The van der Waals surface area contributed by atoms with Gasteiger partial charge in [0.25, 0.3) is 0 Å². The lowest BCUT2D eigenvalue weighted by Gasteiger charge is -2.26. The fourth-order valence-corrected chi connectivity index (χ4v) is 5.42. The summed E-state index contributed by atoms with van der Waals surface area (Å²) in [6.45, 7) is 5.60. The molecule has 0 spiro atoms. The van der Waals surface area contributed by atoms with Crippen molar-refractivity contribution in [2.45, 2.75) is 13.5 Å². The second-order valence-electron chi connectivity index (χ2n) is 7.64. The first kappa shape index (κ1) is 19.9. The van der Waals surface area contributed by atoms with Crippen molar-refractivity contribution in [1.82, 2.24) is 19.5 Å². The van der Waals surface area contributed by atoms with Crippen molar-refractivity contribution in [3.05, 3.63) is 41.3 Å². The molecule has 8 nitrogen and oxygen atoms in total. The van der Waals surface area contributed by atoms with Crippen LogP contribution in [0.15, 0.2) is 24.5 Å². The molecule has 0 unspecified atom stereocenters. The highest BCUT2D eigenvalue weighted by atomic mass is 32.1.